The van der Waals surface area contributed by atoms with Crippen molar-refractivity contribution in [3.63, 3.8) is 0 Å². The molecule has 1 aliphatic heterocycles. The van der Waals surface area contributed by atoms with E-state index in [1.807, 2.05) is 50.4 Å². The van der Waals surface area contributed by atoms with Crippen LogP contribution in [0.1, 0.15) is 55.1 Å². The van der Waals surface area contributed by atoms with Gasteiger partial charge in [0.2, 0.25) is 0 Å². The summed E-state index contributed by atoms with van der Waals surface area (Å²) in [5.41, 5.74) is 6.32. The first-order valence-corrected chi connectivity index (χ1v) is 12.8. The van der Waals surface area contributed by atoms with Crippen LogP contribution in [0.25, 0.3) is 22.0 Å². The minimum absolute atomic E-state index is 0.128. The SMILES string of the molecule is CC(C)(C)O.Cc1cc2c(ccn2Cc2ccccn2)c(-c2cc(F)c3c(c2C)CCCO3)c1CC(=O)O. The van der Waals surface area contributed by atoms with Crippen LogP contribution in [0, 0.1) is 19.7 Å². The lowest BCUT2D eigenvalue weighted by Crippen LogP contribution is -2.13. The number of ether oxygens (including phenoxy) is 1. The molecule has 4 aromatic rings. The molecule has 38 heavy (non-hydrogen) atoms. The van der Waals surface area contributed by atoms with Crippen molar-refractivity contribution in [1.29, 1.82) is 0 Å². The summed E-state index contributed by atoms with van der Waals surface area (Å²) in [6.07, 6.45) is 5.21. The third-order valence-electron chi connectivity index (χ3n) is 6.50. The number of carbonyl (C=O) groups is 1. The van der Waals surface area contributed by atoms with Gasteiger partial charge in [-0.1, -0.05) is 6.07 Å². The summed E-state index contributed by atoms with van der Waals surface area (Å²) >= 11 is 0. The Morgan fingerprint density at radius 2 is 1.92 bits per heavy atom. The lowest BCUT2D eigenvalue weighted by Gasteiger charge is -2.24. The molecule has 0 aliphatic carbocycles. The Labute approximate surface area is 222 Å². The number of rotatable bonds is 5. The fraction of sp³-hybridized carbons (Fsp3) is 0.355. The van der Waals surface area contributed by atoms with Gasteiger partial charge in [0.25, 0.3) is 0 Å². The summed E-state index contributed by atoms with van der Waals surface area (Å²) in [4.78, 5) is 16.2. The Balaban J connectivity index is 0.000000617. The Hall–Kier alpha value is -3.71. The molecule has 3 heterocycles. The van der Waals surface area contributed by atoms with E-state index in [-0.39, 0.29) is 6.42 Å². The van der Waals surface area contributed by atoms with Crippen molar-refractivity contribution in [3.8, 4) is 16.9 Å². The molecule has 0 spiro atoms. The van der Waals surface area contributed by atoms with Crippen molar-refractivity contribution in [3.05, 3.63) is 82.6 Å². The summed E-state index contributed by atoms with van der Waals surface area (Å²) in [5.74, 6) is -0.973. The van der Waals surface area contributed by atoms with E-state index < -0.39 is 17.4 Å². The van der Waals surface area contributed by atoms with Crippen molar-refractivity contribution in [2.24, 2.45) is 0 Å². The molecule has 0 amide bonds. The Morgan fingerprint density at radius 1 is 1.18 bits per heavy atom. The molecule has 2 aromatic carbocycles. The van der Waals surface area contributed by atoms with Gasteiger partial charge in [-0.25, -0.2) is 4.39 Å². The second kappa shape index (κ2) is 11.0. The van der Waals surface area contributed by atoms with Gasteiger partial charge >= 0.3 is 5.97 Å². The number of aromatic nitrogens is 2. The smallest absolute Gasteiger partial charge is 0.307 e. The minimum Gasteiger partial charge on any atom is -0.490 e. The van der Waals surface area contributed by atoms with E-state index in [2.05, 4.69) is 9.55 Å². The lowest BCUT2D eigenvalue weighted by atomic mass is 9.86. The number of aliphatic hydroxyl groups is 1. The fourth-order valence-corrected chi connectivity index (χ4v) is 4.92. The third kappa shape index (κ3) is 6.05. The highest BCUT2D eigenvalue weighted by molar-refractivity contribution is 6.00. The van der Waals surface area contributed by atoms with Crippen LogP contribution in [-0.2, 0) is 24.2 Å². The average Bonchev–Trinajstić information content (AvgIpc) is 3.23. The molecule has 6 nitrogen and oxygen atoms in total. The fourth-order valence-electron chi connectivity index (χ4n) is 4.92. The number of pyridine rings is 1. The molecule has 0 unspecified atom stereocenters. The summed E-state index contributed by atoms with van der Waals surface area (Å²) in [6, 6.07) is 11.3. The van der Waals surface area contributed by atoms with Gasteiger partial charge in [0, 0.05) is 28.9 Å². The van der Waals surface area contributed by atoms with Crippen molar-refractivity contribution >= 4 is 16.9 Å². The molecule has 5 rings (SSSR count). The second-order valence-corrected chi connectivity index (χ2v) is 10.8. The highest BCUT2D eigenvalue weighted by atomic mass is 19.1. The van der Waals surface area contributed by atoms with Crippen LogP contribution in [0.15, 0.2) is 48.8 Å². The molecule has 0 bridgehead atoms. The largest absolute Gasteiger partial charge is 0.490 e. The highest BCUT2D eigenvalue weighted by Gasteiger charge is 2.25. The quantitative estimate of drug-likeness (QED) is 0.327. The molecule has 2 aromatic heterocycles. The van der Waals surface area contributed by atoms with Crippen molar-refractivity contribution in [2.75, 3.05) is 6.61 Å². The topological polar surface area (TPSA) is 84.6 Å². The van der Waals surface area contributed by atoms with E-state index in [1.165, 1.54) is 6.07 Å². The first-order valence-electron chi connectivity index (χ1n) is 12.8. The molecule has 1 aliphatic rings. The standard InChI is InChI=1S/C27H25FN2O3.C4H10O/c1-16-12-24-20(8-10-30(24)15-18-6-3-4-9-29-18)26(21(16)14-25(31)32)22-13-23(28)27-19(17(22)2)7-5-11-33-27;1-4(2,3)5/h3-4,6,8-10,12-13H,5,7,11,14-15H2,1-2H3,(H,31,32);5H,1-3H3. The molecule has 0 radical (unpaired) electrons. The number of hydrogen-bond donors (Lipinski definition) is 2. The minimum atomic E-state index is -0.911. The van der Waals surface area contributed by atoms with E-state index in [0.717, 1.165) is 57.3 Å². The number of nitrogens with zero attached hydrogens (tertiary/aromatic N) is 2. The van der Waals surface area contributed by atoms with E-state index in [1.54, 1.807) is 27.0 Å². The molecule has 0 saturated heterocycles. The van der Waals surface area contributed by atoms with Crippen LogP contribution in [-0.4, -0.2) is 37.9 Å². The van der Waals surface area contributed by atoms with Crippen LogP contribution in [0.2, 0.25) is 0 Å². The number of halogens is 1. The number of carboxylic acid groups (broad SMARTS) is 1. The molecule has 0 saturated carbocycles. The third-order valence-corrected chi connectivity index (χ3v) is 6.50. The van der Waals surface area contributed by atoms with Crippen LogP contribution >= 0.6 is 0 Å². The van der Waals surface area contributed by atoms with E-state index in [4.69, 9.17) is 9.84 Å². The number of hydrogen-bond acceptors (Lipinski definition) is 4. The molecule has 7 heteroatoms. The average molecular weight is 519 g/mol. The molecule has 0 atom stereocenters. The normalized spacial score (nSPS) is 12.9. The van der Waals surface area contributed by atoms with Gasteiger partial charge in [0.15, 0.2) is 11.6 Å². The molecule has 2 N–H and O–H groups in total. The summed E-state index contributed by atoms with van der Waals surface area (Å²) < 4.78 is 22.9. The van der Waals surface area contributed by atoms with Crippen LogP contribution in [0.4, 0.5) is 4.39 Å². The molecular weight excluding hydrogens is 483 g/mol. The highest BCUT2D eigenvalue weighted by Crippen LogP contribution is 2.42. The van der Waals surface area contributed by atoms with Gasteiger partial charge < -0.3 is 19.5 Å². The molecule has 200 valence electrons. The van der Waals surface area contributed by atoms with E-state index >= 15 is 4.39 Å². The van der Waals surface area contributed by atoms with E-state index in [9.17, 15) is 9.90 Å². The number of benzene rings is 2. The van der Waals surface area contributed by atoms with Gasteiger partial charge in [-0.2, -0.15) is 0 Å². The number of aliphatic carboxylic acids is 1. The summed E-state index contributed by atoms with van der Waals surface area (Å²) in [7, 11) is 0. The predicted octanol–water partition coefficient (Wildman–Crippen LogP) is 6.24. The van der Waals surface area contributed by atoms with Crippen LogP contribution in [0.5, 0.6) is 5.75 Å². The maximum Gasteiger partial charge on any atom is 0.307 e. The van der Waals surface area contributed by atoms with Gasteiger partial charge in [0.05, 0.1) is 30.9 Å². The summed E-state index contributed by atoms with van der Waals surface area (Å²) in [5, 5.41) is 19.1. The second-order valence-electron chi connectivity index (χ2n) is 10.8. The molecule has 0 fully saturated rings. The van der Waals surface area contributed by atoms with Crippen molar-refractivity contribution < 1.29 is 24.1 Å². The zero-order valence-corrected chi connectivity index (χ0v) is 22.6. The first kappa shape index (κ1) is 27.3. The van der Waals surface area contributed by atoms with Crippen LogP contribution in [0.3, 0.4) is 0 Å². The van der Waals surface area contributed by atoms with Crippen molar-refractivity contribution in [1.82, 2.24) is 9.55 Å². The number of aryl methyl sites for hydroxylation is 1. The monoisotopic (exact) mass is 518 g/mol. The zero-order chi connectivity index (χ0) is 27.6. The van der Waals surface area contributed by atoms with E-state index in [0.29, 0.717) is 24.5 Å². The molecular formula is C31H35FN2O4. The predicted molar refractivity (Wildman–Crippen MR) is 147 cm³/mol. The van der Waals surface area contributed by atoms with Crippen LogP contribution < -0.4 is 4.74 Å². The Bertz CT molecular complexity index is 1460. The maximum atomic E-state index is 15.1. The van der Waals surface area contributed by atoms with Gasteiger partial charge in [-0.15, -0.1) is 0 Å². The number of carboxylic acids is 1. The zero-order valence-electron chi connectivity index (χ0n) is 22.6. The van der Waals surface area contributed by atoms with Gasteiger partial charge in [0.1, 0.15) is 0 Å². The lowest BCUT2D eigenvalue weighted by molar-refractivity contribution is -0.136. The first-order chi connectivity index (χ1) is 17.9. The van der Waals surface area contributed by atoms with Gasteiger partial charge in [-0.3, -0.25) is 9.78 Å². The maximum absolute atomic E-state index is 15.1. The Kier molecular flexibility index (Phi) is 7.88. The summed E-state index contributed by atoms with van der Waals surface area (Å²) in [6.45, 7) is 10.2. The Morgan fingerprint density at radius 3 is 2.58 bits per heavy atom. The van der Waals surface area contributed by atoms with Crippen molar-refractivity contribution in [2.45, 2.75) is 66.0 Å². The number of fused-ring (bicyclic) bond motifs is 2. The van der Waals surface area contributed by atoms with Gasteiger partial charge in [-0.05, 0) is 106 Å².